The third-order valence-electron chi connectivity index (χ3n) is 2.62. The van der Waals surface area contributed by atoms with E-state index in [9.17, 15) is 0 Å². The second kappa shape index (κ2) is 5.77. The predicted octanol–water partition coefficient (Wildman–Crippen LogP) is 3.33. The minimum Gasteiger partial charge on any atom is -0.356 e. The van der Waals surface area contributed by atoms with Gasteiger partial charge in [-0.15, -0.1) is 6.42 Å². The van der Waals surface area contributed by atoms with Gasteiger partial charge in [-0.3, -0.25) is 0 Å². The molecule has 0 N–H and O–H groups in total. The van der Waals surface area contributed by atoms with Crippen molar-refractivity contribution >= 4 is 5.69 Å². The first-order valence-corrected chi connectivity index (χ1v) is 5.67. The van der Waals surface area contributed by atoms with Crippen LogP contribution in [0.1, 0.15) is 5.56 Å². The van der Waals surface area contributed by atoms with Crippen molar-refractivity contribution in [3.05, 3.63) is 66.2 Å². The molecule has 0 atom stereocenters. The van der Waals surface area contributed by atoms with E-state index in [4.69, 9.17) is 6.42 Å². The lowest BCUT2D eigenvalue weighted by atomic mass is 10.2. The molecule has 1 heteroatoms. The van der Waals surface area contributed by atoms with Gasteiger partial charge in [0.25, 0.3) is 0 Å². The number of hydrogen-bond donors (Lipinski definition) is 0. The van der Waals surface area contributed by atoms with Crippen LogP contribution in [0, 0.1) is 12.3 Å². The van der Waals surface area contributed by atoms with Gasteiger partial charge in [-0.25, -0.2) is 0 Å². The molecule has 0 aliphatic heterocycles. The number of rotatable bonds is 4. The number of anilines is 1. The van der Waals surface area contributed by atoms with E-state index in [1.165, 1.54) is 5.56 Å². The molecule has 2 aromatic rings. The normalized spacial score (nSPS) is 9.59. The van der Waals surface area contributed by atoms with E-state index in [0.717, 1.165) is 12.2 Å². The van der Waals surface area contributed by atoms with Gasteiger partial charge in [-0.05, 0) is 17.7 Å². The van der Waals surface area contributed by atoms with Crippen LogP contribution in [-0.2, 0) is 6.54 Å². The number of para-hydroxylation sites is 1. The first-order chi connectivity index (χ1) is 8.40. The predicted molar refractivity (Wildman–Crippen MR) is 72.8 cm³/mol. The van der Waals surface area contributed by atoms with Gasteiger partial charge in [0.05, 0.1) is 6.54 Å². The highest BCUT2D eigenvalue weighted by atomic mass is 15.1. The Labute approximate surface area is 103 Å². The zero-order valence-electron chi connectivity index (χ0n) is 9.71. The summed E-state index contributed by atoms with van der Waals surface area (Å²) in [7, 11) is 0. The third kappa shape index (κ3) is 3.12. The molecule has 0 bridgehead atoms. The molecule has 17 heavy (non-hydrogen) atoms. The first-order valence-electron chi connectivity index (χ1n) is 5.67. The van der Waals surface area contributed by atoms with Crippen LogP contribution >= 0.6 is 0 Å². The second-order valence-corrected chi connectivity index (χ2v) is 3.88. The van der Waals surface area contributed by atoms with E-state index in [1.807, 2.05) is 36.4 Å². The van der Waals surface area contributed by atoms with Crippen molar-refractivity contribution < 1.29 is 0 Å². The van der Waals surface area contributed by atoms with Crippen LogP contribution in [0.5, 0.6) is 0 Å². The van der Waals surface area contributed by atoms with E-state index in [0.29, 0.717) is 6.54 Å². The largest absolute Gasteiger partial charge is 0.356 e. The van der Waals surface area contributed by atoms with Crippen LogP contribution < -0.4 is 4.90 Å². The molecule has 0 aliphatic carbocycles. The van der Waals surface area contributed by atoms with Crippen LogP contribution in [-0.4, -0.2) is 6.54 Å². The van der Waals surface area contributed by atoms with Crippen LogP contribution in [0.25, 0.3) is 0 Å². The molecule has 0 fully saturated rings. The molecule has 0 saturated carbocycles. The topological polar surface area (TPSA) is 3.24 Å². The minimum atomic E-state index is 0.624. The van der Waals surface area contributed by atoms with Gasteiger partial charge in [-0.1, -0.05) is 54.5 Å². The fourth-order valence-electron chi connectivity index (χ4n) is 1.79. The summed E-state index contributed by atoms with van der Waals surface area (Å²) in [5.41, 5.74) is 2.43. The van der Waals surface area contributed by atoms with Crippen LogP contribution in [0.15, 0.2) is 60.7 Å². The minimum absolute atomic E-state index is 0.624. The molecule has 2 rings (SSSR count). The van der Waals surface area contributed by atoms with Crippen molar-refractivity contribution in [1.29, 1.82) is 0 Å². The highest BCUT2D eigenvalue weighted by molar-refractivity contribution is 5.47. The molecule has 84 valence electrons. The smallest absolute Gasteiger partial charge is 0.0795 e. The monoisotopic (exact) mass is 221 g/mol. The molecule has 0 spiro atoms. The molecule has 0 heterocycles. The molecule has 0 radical (unpaired) electrons. The summed E-state index contributed by atoms with van der Waals surface area (Å²) in [4.78, 5) is 2.19. The summed E-state index contributed by atoms with van der Waals surface area (Å²) in [6.45, 7) is 1.47. The summed E-state index contributed by atoms with van der Waals surface area (Å²) in [6.07, 6.45) is 5.43. The quantitative estimate of drug-likeness (QED) is 0.716. The average Bonchev–Trinajstić information content (AvgIpc) is 2.40. The molecule has 2 aromatic carbocycles. The Kier molecular flexibility index (Phi) is 3.83. The number of benzene rings is 2. The zero-order valence-corrected chi connectivity index (χ0v) is 9.71. The molecule has 0 aliphatic rings. The summed E-state index contributed by atoms with van der Waals surface area (Å²) in [5.74, 6) is 2.71. The molecule has 0 unspecified atom stereocenters. The van der Waals surface area contributed by atoms with E-state index < -0.39 is 0 Å². The first kappa shape index (κ1) is 11.3. The summed E-state index contributed by atoms with van der Waals surface area (Å²) >= 11 is 0. The second-order valence-electron chi connectivity index (χ2n) is 3.88. The molecule has 1 nitrogen and oxygen atoms in total. The summed E-state index contributed by atoms with van der Waals surface area (Å²) in [6, 6.07) is 20.6. The van der Waals surface area contributed by atoms with Gasteiger partial charge in [0.1, 0.15) is 0 Å². The van der Waals surface area contributed by atoms with Gasteiger partial charge >= 0.3 is 0 Å². The van der Waals surface area contributed by atoms with Gasteiger partial charge in [0.15, 0.2) is 0 Å². The highest BCUT2D eigenvalue weighted by Crippen LogP contribution is 2.15. The Morgan fingerprint density at radius 3 is 2.06 bits per heavy atom. The Balaban J connectivity index is 2.17. The van der Waals surface area contributed by atoms with Crippen molar-refractivity contribution in [3.8, 4) is 12.3 Å². The average molecular weight is 221 g/mol. The fourth-order valence-corrected chi connectivity index (χ4v) is 1.79. The highest BCUT2D eigenvalue weighted by Gasteiger charge is 2.04. The van der Waals surface area contributed by atoms with Crippen LogP contribution in [0.3, 0.4) is 0 Å². The maximum Gasteiger partial charge on any atom is 0.0795 e. The van der Waals surface area contributed by atoms with Crippen molar-refractivity contribution in [2.75, 3.05) is 11.4 Å². The van der Waals surface area contributed by atoms with Gasteiger partial charge < -0.3 is 4.90 Å². The van der Waals surface area contributed by atoms with E-state index >= 15 is 0 Å². The maximum atomic E-state index is 5.43. The van der Waals surface area contributed by atoms with Gasteiger partial charge in [0.2, 0.25) is 0 Å². The lowest BCUT2D eigenvalue weighted by Gasteiger charge is -2.22. The van der Waals surface area contributed by atoms with Gasteiger partial charge in [-0.2, -0.15) is 0 Å². The maximum absolute atomic E-state index is 5.43. The van der Waals surface area contributed by atoms with E-state index in [-0.39, 0.29) is 0 Å². The van der Waals surface area contributed by atoms with E-state index in [1.54, 1.807) is 0 Å². The Hall–Kier alpha value is -2.20. The standard InChI is InChI=1S/C16H15N/c1-2-13-17(16-11-7-4-8-12-16)14-15-9-5-3-6-10-15/h1,3-12H,13-14H2. The fraction of sp³-hybridized carbons (Fsp3) is 0.125. The Morgan fingerprint density at radius 1 is 0.882 bits per heavy atom. The van der Waals surface area contributed by atoms with Crippen molar-refractivity contribution in [2.45, 2.75) is 6.54 Å². The lowest BCUT2D eigenvalue weighted by Crippen LogP contribution is -2.22. The lowest BCUT2D eigenvalue weighted by molar-refractivity contribution is 0.878. The number of hydrogen-bond acceptors (Lipinski definition) is 1. The van der Waals surface area contributed by atoms with Crippen molar-refractivity contribution in [1.82, 2.24) is 0 Å². The van der Waals surface area contributed by atoms with Crippen LogP contribution in [0.2, 0.25) is 0 Å². The summed E-state index contributed by atoms with van der Waals surface area (Å²) < 4.78 is 0. The van der Waals surface area contributed by atoms with Crippen LogP contribution in [0.4, 0.5) is 5.69 Å². The molecular formula is C16H15N. The van der Waals surface area contributed by atoms with Crippen molar-refractivity contribution in [3.63, 3.8) is 0 Å². The Bertz CT molecular complexity index is 482. The summed E-state index contributed by atoms with van der Waals surface area (Å²) in [5, 5.41) is 0. The SMILES string of the molecule is C#CCN(Cc1ccccc1)c1ccccc1. The van der Waals surface area contributed by atoms with E-state index in [2.05, 4.69) is 35.1 Å². The molecule has 0 amide bonds. The van der Waals surface area contributed by atoms with Gasteiger partial charge in [0, 0.05) is 12.2 Å². The van der Waals surface area contributed by atoms with Crippen molar-refractivity contribution in [2.24, 2.45) is 0 Å². The Morgan fingerprint density at radius 2 is 1.47 bits per heavy atom. The number of terminal acetylenes is 1. The molecule has 0 saturated heterocycles. The molecular weight excluding hydrogens is 206 g/mol. The third-order valence-corrected chi connectivity index (χ3v) is 2.62. The zero-order chi connectivity index (χ0) is 11.9. The number of nitrogens with zero attached hydrogens (tertiary/aromatic N) is 1. The molecule has 0 aromatic heterocycles.